The second kappa shape index (κ2) is 11.4. The van der Waals surface area contributed by atoms with E-state index in [-0.39, 0.29) is 68.2 Å². The van der Waals surface area contributed by atoms with E-state index in [9.17, 15) is 19.2 Å². The smallest absolute Gasteiger partial charge is 0.229 e. The zero-order valence-corrected chi connectivity index (χ0v) is 19.6. The van der Waals surface area contributed by atoms with Gasteiger partial charge in [0.2, 0.25) is 11.8 Å². The molecule has 0 bridgehead atoms. The van der Waals surface area contributed by atoms with Gasteiger partial charge in [0.05, 0.1) is 51.8 Å². The zero-order chi connectivity index (χ0) is 24.8. The van der Waals surface area contributed by atoms with Crippen LogP contribution in [-0.4, -0.2) is 81.3 Å². The molecule has 2 amide bonds. The minimum Gasteiger partial charge on any atom is -0.490 e. The highest BCUT2D eigenvalue weighted by molar-refractivity contribution is 6.22. The molecule has 1 aromatic rings. The number of nitrogens with one attached hydrogen (secondary N) is 1. The monoisotopic (exact) mass is 489 g/mol. The van der Waals surface area contributed by atoms with E-state index in [0.717, 1.165) is 0 Å². The van der Waals surface area contributed by atoms with Crippen LogP contribution in [-0.2, 0) is 23.8 Å². The van der Waals surface area contributed by atoms with Crippen LogP contribution in [0.5, 0.6) is 5.75 Å². The topological polar surface area (TPSA) is 137 Å². The van der Waals surface area contributed by atoms with E-state index in [1.54, 1.807) is 18.2 Å². The molecule has 1 saturated heterocycles. The first-order valence-corrected chi connectivity index (χ1v) is 12.0. The molecule has 0 aromatic heterocycles. The highest BCUT2D eigenvalue weighted by Gasteiger charge is 2.67. The molecule has 1 aromatic carbocycles. The summed E-state index contributed by atoms with van der Waals surface area (Å²) in [6.07, 6.45) is 1.32. The standard InChI is InChI=1S/C25H31NO9/c27-6-7-32-8-9-33-10-11-34-12-13-35-19-3-1-2-17-21(19)23(30)25(15-18(25)22(17)29)14-16-4-5-20(28)26-24(16)31/h1-3,16,18,27H,4-15H2,(H,26,28,31). The average Bonchev–Trinajstić information content (AvgIpc) is 3.59. The van der Waals surface area contributed by atoms with Crippen LogP contribution in [0.3, 0.4) is 0 Å². The van der Waals surface area contributed by atoms with E-state index in [4.69, 9.17) is 24.1 Å². The van der Waals surface area contributed by atoms with Gasteiger partial charge in [-0.15, -0.1) is 0 Å². The molecule has 1 aliphatic heterocycles. The number of carbonyl (C=O) groups excluding carboxylic acids is 4. The van der Waals surface area contributed by atoms with Gasteiger partial charge in [-0.2, -0.15) is 0 Å². The van der Waals surface area contributed by atoms with Gasteiger partial charge >= 0.3 is 0 Å². The molecule has 2 aliphatic carbocycles. The van der Waals surface area contributed by atoms with Gasteiger partial charge in [-0.05, 0) is 25.3 Å². The van der Waals surface area contributed by atoms with Gasteiger partial charge in [0, 0.05) is 29.2 Å². The number of Topliss-reactive ketones (excluding diaryl/α,β-unsaturated/α-hetero) is 2. The second-order valence-corrected chi connectivity index (χ2v) is 9.05. The molecule has 3 unspecified atom stereocenters. The fraction of sp³-hybridized carbons (Fsp3) is 0.600. The number of carbonyl (C=O) groups is 4. The van der Waals surface area contributed by atoms with E-state index in [0.29, 0.717) is 50.6 Å². The Morgan fingerprint density at radius 1 is 0.943 bits per heavy atom. The molecule has 10 heteroatoms. The lowest BCUT2D eigenvalue weighted by atomic mass is 9.75. The first-order chi connectivity index (χ1) is 17.0. The van der Waals surface area contributed by atoms with Crippen LogP contribution >= 0.6 is 0 Å². The Kier molecular flexibility index (Phi) is 8.27. The first kappa shape index (κ1) is 25.4. The Labute approximate surface area is 203 Å². The molecule has 1 heterocycles. The van der Waals surface area contributed by atoms with Crippen molar-refractivity contribution < 1.29 is 43.2 Å². The number of amides is 2. The summed E-state index contributed by atoms with van der Waals surface area (Å²) in [7, 11) is 0. The molecular formula is C25H31NO9. The lowest BCUT2D eigenvalue weighted by Crippen LogP contribution is -2.43. The molecule has 3 atom stereocenters. The maximum Gasteiger partial charge on any atom is 0.229 e. The van der Waals surface area contributed by atoms with Crippen LogP contribution in [0.15, 0.2) is 18.2 Å². The van der Waals surface area contributed by atoms with E-state index >= 15 is 0 Å². The maximum atomic E-state index is 13.6. The number of aliphatic hydroxyl groups excluding tert-OH is 1. The quantitative estimate of drug-likeness (QED) is 0.289. The Balaban J connectivity index is 1.30. The summed E-state index contributed by atoms with van der Waals surface area (Å²) < 4.78 is 21.8. The number of benzene rings is 1. The Morgan fingerprint density at radius 3 is 2.31 bits per heavy atom. The van der Waals surface area contributed by atoms with Gasteiger partial charge < -0.3 is 24.1 Å². The summed E-state index contributed by atoms with van der Waals surface area (Å²) in [6, 6.07) is 5.01. The summed E-state index contributed by atoms with van der Waals surface area (Å²) in [6.45, 7) is 2.31. The van der Waals surface area contributed by atoms with Gasteiger partial charge in [0.1, 0.15) is 12.4 Å². The van der Waals surface area contributed by atoms with Crippen molar-refractivity contribution in [3.63, 3.8) is 0 Å². The molecule has 1 saturated carbocycles. The van der Waals surface area contributed by atoms with Crippen LogP contribution in [0.4, 0.5) is 0 Å². The summed E-state index contributed by atoms with van der Waals surface area (Å²) in [4.78, 5) is 50.4. The van der Waals surface area contributed by atoms with Crippen molar-refractivity contribution in [2.75, 3.05) is 52.9 Å². The van der Waals surface area contributed by atoms with Gasteiger partial charge in [-0.25, -0.2) is 0 Å². The molecule has 0 spiro atoms. The highest BCUT2D eigenvalue weighted by atomic mass is 16.6. The third kappa shape index (κ3) is 5.61. The largest absolute Gasteiger partial charge is 0.490 e. The van der Waals surface area contributed by atoms with Crippen molar-refractivity contribution in [3.8, 4) is 5.75 Å². The Morgan fingerprint density at radius 2 is 1.63 bits per heavy atom. The Bertz CT molecular complexity index is 978. The van der Waals surface area contributed by atoms with E-state index in [1.165, 1.54) is 0 Å². The number of aliphatic hydroxyl groups is 1. The third-order valence-electron chi connectivity index (χ3n) is 6.79. The lowest BCUT2D eigenvalue weighted by molar-refractivity contribution is -0.136. The molecule has 2 N–H and O–H groups in total. The molecule has 2 fully saturated rings. The number of piperidine rings is 1. The second-order valence-electron chi connectivity index (χ2n) is 9.05. The van der Waals surface area contributed by atoms with Gasteiger partial charge in [0.25, 0.3) is 0 Å². The van der Waals surface area contributed by atoms with Gasteiger partial charge in [-0.1, -0.05) is 12.1 Å². The fourth-order valence-electron chi connectivity index (χ4n) is 4.94. The molecule has 10 nitrogen and oxygen atoms in total. The van der Waals surface area contributed by atoms with Crippen molar-refractivity contribution in [1.29, 1.82) is 0 Å². The van der Waals surface area contributed by atoms with E-state index < -0.39 is 17.3 Å². The number of ether oxygens (including phenoxy) is 4. The molecule has 35 heavy (non-hydrogen) atoms. The maximum absolute atomic E-state index is 13.6. The third-order valence-corrected chi connectivity index (χ3v) is 6.79. The number of ketones is 2. The van der Waals surface area contributed by atoms with Gasteiger partial charge in [-0.3, -0.25) is 24.5 Å². The van der Waals surface area contributed by atoms with Gasteiger partial charge in [0.15, 0.2) is 11.6 Å². The number of rotatable bonds is 14. The summed E-state index contributed by atoms with van der Waals surface area (Å²) in [5, 5.41) is 11.0. The fourth-order valence-corrected chi connectivity index (χ4v) is 4.94. The summed E-state index contributed by atoms with van der Waals surface area (Å²) in [5.41, 5.74) is -0.239. The van der Waals surface area contributed by atoms with Crippen LogP contribution in [0.1, 0.15) is 46.4 Å². The molecule has 3 aliphatic rings. The minimum atomic E-state index is -0.888. The van der Waals surface area contributed by atoms with Crippen molar-refractivity contribution in [2.24, 2.45) is 17.3 Å². The summed E-state index contributed by atoms with van der Waals surface area (Å²) >= 11 is 0. The number of hydrogen-bond donors (Lipinski definition) is 2. The zero-order valence-electron chi connectivity index (χ0n) is 19.6. The minimum absolute atomic E-state index is 0.0190. The van der Waals surface area contributed by atoms with Crippen molar-refractivity contribution in [1.82, 2.24) is 5.32 Å². The normalized spacial score (nSPS) is 25.2. The molecule has 4 rings (SSSR count). The highest BCUT2D eigenvalue weighted by Crippen LogP contribution is 2.63. The van der Waals surface area contributed by atoms with Crippen molar-refractivity contribution in [2.45, 2.75) is 25.7 Å². The van der Waals surface area contributed by atoms with Crippen LogP contribution < -0.4 is 10.1 Å². The number of hydrogen-bond acceptors (Lipinski definition) is 9. The predicted octanol–water partition coefficient (Wildman–Crippen LogP) is 0.936. The van der Waals surface area contributed by atoms with Crippen molar-refractivity contribution >= 4 is 23.4 Å². The Hall–Kier alpha value is -2.66. The molecule has 190 valence electrons. The summed E-state index contributed by atoms with van der Waals surface area (Å²) in [5.74, 6) is -1.44. The van der Waals surface area contributed by atoms with E-state index in [2.05, 4.69) is 5.32 Å². The van der Waals surface area contributed by atoms with Crippen molar-refractivity contribution in [3.05, 3.63) is 29.3 Å². The predicted molar refractivity (Wildman–Crippen MR) is 121 cm³/mol. The van der Waals surface area contributed by atoms with E-state index in [1.807, 2.05) is 0 Å². The SMILES string of the molecule is O=C1CCC(CC23CC2C(=O)c2cccc(OCCOCCOCCOCCO)c2C3=O)C(=O)N1. The first-order valence-electron chi connectivity index (χ1n) is 12.0. The molecular weight excluding hydrogens is 458 g/mol. The number of imide groups is 1. The average molecular weight is 490 g/mol. The van der Waals surface area contributed by atoms with Crippen LogP contribution in [0.2, 0.25) is 0 Å². The lowest BCUT2D eigenvalue weighted by Gasteiger charge is -2.29. The van der Waals surface area contributed by atoms with Crippen LogP contribution in [0.25, 0.3) is 0 Å². The molecule has 0 radical (unpaired) electrons. The number of fused-ring (bicyclic) bond motifs is 2. The van der Waals surface area contributed by atoms with Crippen LogP contribution in [0, 0.1) is 17.3 Å².